The Hall–Kier alpha value is -3.89. The number of aromatic nitrogens is 1. The summed E-state index contributed by atoms with van der Waals surface area (Å²) in [5.41, 5.74) is 1.78. The molecule has 1 fully saturated rings. The summed E-state index contributed by atoms with van der Waals surface area (Å²) < 4.78 is 70.6. The summed E-state index contributed by atoms with van der Waals surface area (Å²) in [6.45, 7) is 0.0766. The van der Waals surface area contributed by atoms with Crippen molar-refractivity contribution < 1.29 is 36.2 Å². The molecule has 1 aliphatic rings. The van der Waals surface area contributed by atoms with Gasteiger partial charge in [0.1, 0.15) is 12.3 Å². The highest BCUT2D eigenvalue weighted by atomic mass is 32.2. The molecule has 1 aliphatic heterocycles. The highest BCUT2D eigenvalue weighted by molar-refractivity contribution is 7.90. The van der Waals surface area contributed by atoms with Gasteiger partial charge in [0.05, 0.1) is 42.0 Å². The number of nitrogens with zero attached hydrogens (tertiary/aromatic N) is 2. The van der Waals surface area contributed by atoms with E-state index in [1.165, 1.54) is 19.2 Å². The van der Waals surface area contributed by atoms with Crippen LogP contribution >= 0.6 is 0 Å². The average molecular weight is 593 g/mol. The van der Waals surface area contributed by atoms with Gasteiger partial charge in [0.15, 0.2) is 9.84 Å². The number of fused-ring (bicyclic) bond motifs is 1. The number of hydrogen-bond acceptors (Lipinski definition) is 7. The van der Waals surface area contributed by atoms with E-state index in [2.05, 4.69) is 22.5 Å². The Morgan fingerprint density at radius 1 is 1.15 bits per heavy atom. The summed E-state index contributed by atoms with van der Waals surface area (Å²) in [7, 11) is -2.02. The van der Waals surface area contributed by atoms with Gasteiger partial charge >= 0.3 is 12.1 Å². The highest BCUT2D eigenvalue weighted by Gasteiger charge is 2.30. The van der Waals surface area contributed by atoms with Gasteiger partial charge in [0.2, 0.25) is 0 Å². The summed E-state index contributed by atoms with van der Waals surface area (Å²) in [6.07, 6.45) is -1.96. The number of ether oxygens (including phenoxy) is 1. The zero-order valence-electron chi connectivity index (χ0n) is 22.6. The van der Waals surface area contributed by atoms with Crippen molar-refractivity contribution in [2.24, 2.45) is 0 Å². The first-order valence-electron chi connectivity index (χ1n) is 12.8. The molecular weight excluding hydrogens is 561 g/mol. The number of likely N-dealkylation sites (tertiary alicyclic amines) is 1. The lowest BCUT2D eigenvalue weighted by Crippen LogP contribution is -2.41. The Kier molecular flexibility index (Phi) is 9.04. The molecule has 0 atom stereocenters. The van der Waals surface area contributed by atoms with Crippen LogP contribution in [0, 0.1) is 11.8 Å². The van der Waals surface area contributed by atoms with Crippen LogP contribution in [0.2, 0.25) is 0 Å². The minimum absolute atomic E-state index is 0.0157. The van der Waals surface area contributed by atoms with Gasteiger partial charge in [-0.1, -0.05) is 12.0 Å². The third-order valence-corrected chi connectivity index (χ3v) is 7.88. The number of methoxy groups -OCH3 is 1. The van der Waals surface area contributed by atoms with Crippen LogP contribution in [0.1, 0.15) is 18.5 Å². The predicted molar refractivity (Wildman–Crippen MR) is 150 cm³/mol. The molecule has 9 nitrogen and oxygen atoms in total. The van der Waals surface area contributed by atoms with Gasteiger partial charge in [-0.3, -0.25) is 9.69 Å². The zero-order valence-corrected chi connectivity index (χ0v) is 23.4. The lowest BCUT2D eigenvalue weighted by atomic mass is 10.0. The van der Waals surface area contributed by atoms with Crippen molar-refractivity contribution in [1.82, 2.24) is 9.47 Å². The maximum absolute atomic E-state index is 13.5. The fourth-order valence-electron chi connectivity index (χ4n) is 4.83. The number of nitrogens with one attached hydrogen (secondary N) is 2. The number of benzene rings is 2. The molecule has 13 heteroatoms. The quantitative estimate of drug-likeness (QED) is 0.319. The number of halogens is 3. The smallest absolute Gasteiger partial charge is 0.406 e. The number of carbonyl (C=O) groups is 1. The molecule has 220 valence electrons. The van der Waals surface area contributed by atoms with Gasteiger partial charge in [-0.05, 0) is 49.1 Å². The van der Waals surface area contributed by atoms with Crippen molar-refractivity contribution in [3.8, 4) is 17.6 Å². The van der Waals surface area contributed by atoms with Gasteiger partial charge in [-0.2, -0.15) is 13.2 Å². The number of alkyl halides is 3. The maximum atomic E-state index is 13.5. The Morgan fingerprint density at radius 3 is 2.51 bits per heavy atom. The third-order valence-electron chi connectivity index (χ3n) is 6.77. The van der Waals surface area contributed by atoms with E-state index in [1.54, 1.807) is 24.3 Å². The van der Waals surface area contributed by atoms with Crippen molar-refractivity contribution in [3.63, 3.8) is 0 Å². The molecule has 2 heterocycles. The van der Waals surface area contributed by atoms with E-state index < -0.39 is 28.5 Å². The lowest BCUT2D eigenvalue weighted by molar-refractivity contribution is -0.140. The largest absolute Gasteiger partial charge is 0.495 e. The van der Waals surface area contributed by atoms with Crippen LogP contribution in [0.3, 0.4) is 0 Å². The zero-order chi connectivity index (χ0) is 29.8. The number of sulfone groups is 1. The van der Waals surface area contributed by atoms with E-state index >= 15 is 0 Å². The summed E-state index contributed by atoms with van der Waals surface area (Å²) in [5.74, 6) is 5.13. The monoisotopic (exact) mass is 592 g/mol. The molecule has 41 heavy (non-hydrogen) atoms. The molecule has 3 aromatic rings. The van der Waals surface area contributed by atoms with Crippen LogP contribution in [0.4, 0.5) is 24.5 Å². The van der Waals surface area contributed by atoms with Crippen LogP contribution in [0.5, 0.6) is 5.75 Å². The van der Waals surface area contributed by atoms with Crippen molar-refractivity contribution >= 4 is 38.1 Å². The number of aliphatic carboxylic acids is 1. The first-order valence-corrected chi connectivity index (χ1v) is 14.7. The van der Waals surface area contributed by atoms with Gasteiger partial charge < -0.3 is 25.0 Å². The molecular formula is C28H31F3N4O5S. The fraction of sp³-hybridized carbons (Fsp3) is 0.393. The number of carboxylic acid groups (broad SMARTS) is 1. The van der Waals surface area contributed by atoms with Crippen molar-refractivity contribution in [3.05, 3.63) is 48.2 Å². The van der Waals surface area contributed by atoms with Crippen molar-refractivity contribution in [2.75, 3.05) is 50.2 Å². The normalized spacial score (nSPS) is 14.9. The molecule has 2 aromatic carbocycles. The second-order valence-corrected chi connectivity index (χ2v) is 11.9. The molecule has 0 unspecified atom stereocenters. The number of hydrogen-bond donors (Lipinski definition) is 3. The predicted octanol–water partition coefficient (Wildman–Crippen LogP) is 4.04. The van der Waals surface area contributed by atoms with Crippen LogP contribution in [0.15, 0.2) is 47.4 Å². The molecule has 0 amide bonds. The van der Waals surface area contributed by atoms with E-state index in [-0.39, 0.29) is 29.7 Å². The summed E-state index contributed by atoms with van der Waals surface area (Å²) in [5, 5.41) is 16.1. The number of piperidine rings is 1. The summed E-state index contributed by atoms with van der Waals surface area (Å²) in [4.78, 5) is 12.9. The third kappa shape index (κ3) is 7.86. The van der Waals surface area contributed by atoms with Crippen LogP contribution in [0.25, 0.3) is 10.9 Å². The van der Waals surface area contributed by atoms with Crippen molar-refractivity contribution in [2.45, 2.75) is 36.5 Å². The highest BCUT2D eigenvalue weighted by Crippen LogP contribution is 2.31. The van der Waals surface area contributed by atoms with E-state index in [0.717, 1.165) is 10.8 Å². The van der Waals surface area contributed by atoms with E-state index in [0.29, 0.717) is 54.0 Å². The molecule has 0 radical (unpaired) electrons. The fourth-order valence-corrected chi connectivity index (χ4v) is 5.47. The molecule has 4 rings (SSSR count). The Labute approximate surface area is 236 Å². The first-order chi connectivity index (χ1) is 19.3. The second-order valence-electron chi connectivity index (χ2n) is 9.85. The van der Waals surface area contributed by atoms with E-state index in [4.69, 9.17) is 9.84 Å². The molecule has 0 aliphatic carbocycles. The number of rotatable bonds is 9. The lowest BCUT2D eigenvalue weighted by Gasteiger charge is -2.32. The summed E-state index contributed by atoms with van der Waals surface area (Å²) in [6, 6.07) is 11.2. The standard InChI is InChI=1S/C28H31F3N4O5S/c1-40-26-16-21(41(2,38)39)8-9-24(26)32-12-4-5-20-15-22-23(6-3-7-25(22)35(20)18-28(29,30)31)33-19-10-13-34(14-11-19)17-27(36)37/h3,6-9,15-16,19,32-33H,10-14,17-18H2,1-2H3,(H,36,37). The van der Waals surface area contributed by atoms with Crippen LogP contribution in [-0.2, 0) is 21.2 Å². The maximum Gasteiger partial charge on any atom is 0.406 e. The Bertz CT molecular complexity index is 1580. The molecule has 1 saturated heterocycles. The molecule has 0 bridgehead atoms. The van der Waals surface area contributed by atoms with Gasteiger partial charge in [0.25, 0.3) is 0 Å². The van der Waals surface area contributed by atoms with Crippen LogP contribution < -0.4 is 15.4 Å². The first kappa shape index (κ1) is 30.1. The topological polar surface area (TPSA) is 113 Å². The van der Waals surface area contributed by atoms with Crippen LogP contribution in [-0.4, -0.2) is 80.7 Å². The minimum Gasteiger partial charge on any atom is -0.495 e. The molecule has 0 spiro atoms. The molecule has 3 N–H and O–H groups in total. The second kappa shape index (κ2) is 12.3. The SMILES string of the molecule is COc1cc(S(C)(=O)=O)ccc1NCC#Cc1cc2c(NC3CCN(CC(=O)O)CC3)cccc2n1CC(F)(F)F. The molecule has 1 aromatic heterocycles. The van der Waals surface area contributed by atoms with Gasteiger partial charge in [-0.25, -0.2) is 8.42 Å². The molecule has 0 saturated carbocycles. The number of carboxylic acids is 1. The van der Waals surface area contributed by atoms with Gasteiger partial charge in [0, 0.05) is 42.5 Å². The number of anilines is 2. The Balaban J connectivity index is 1.55. The van der Waals surface area contributed by atoms with E-state index in [1.807, 2.05) is 11.0 Å². The van der Waals surface area contributed by atoms with E-state index in [9.17, 15) is 26.4 Å². The minimum atomic E-state index is -4.46. The average Bonchev–Trinajstić information content (AvgIpc) is 3.23. The van der Waals surface area contributed by atoms with Crippen molar-refractivity contribution in [1.29, 1.82) is 0 Å². The Morgan fingerprint density at radius 2 is 1.88 bits per heavy atom. The summed E-state index contributed by atoms with van der Waals surface area (Å²) >= 11 is 0. The van der Waals surface area contributed by atoms with Gasteiger partial charge in [-0.15, -0.1) is 0 Å².